The third-order valence-corrected chi connectivity index (χ3v) is 19.8. The fraction of sp³-hybridized carbons (Fsp3) is 0.0690. The lowest BCUT2D eigenvalue weighted by Gasteiger charge is -2.32. The zero-order chi connectivity index (χ0) is 71.6. The maximum absolute atomic E-state index is 6.08. The maximum atomic E-state index is 6.08. The molecule has 0 unspecified atom stereocenters. The van der Waals surface area contributed by atoms with E-state index in [0.717, 1.165) is 133 Å². The second-order valence-corrected chi connectivity index (χ2v) is 27.3. The Labute approximate surface area is 617 Å². The average molecular weight is 1420 g/mol. The van der Waals surface area contributed by atoms with E-state index >= 15 is 0 Å². The monoisotopic (exact) mass is 1420 g/mol. The molecule has 510 valence electrons. The van der Waals surface area contributed by atoms with Crippen molar-refractivity contribution in [3.63, 3.8) is 0 Å². The number of hydrogen-bond acceptors (Lipinski definition) is 14. The second kappa shape index (κ2) is 26.8. The molecule has 0 spiro atoms. The fourth-order valence-corrected chi connectivity index (χ4v) is 13.8. The van der Waals surface area contributed by atoms with Crippen LogP contribution in [0.2, 0.25) is 10.6 Å². The largest absolute Gasteiger partial charge is 0.494 e. The molecule has 19 heteroatoms. The highest BCUT2D eigenvalue weighted by atomic mass is 35.5. The molecular weight excluding hydrogens is 1360 g/mol. The molecule has 0 saturated carbocycles. The minimum Gasteiger partial charge on any atom is -0.436 e. The Morgan fingerprint density at radius 3 is 0.991 bits per heavy atom. The van der Waals surface area contributed by atoms with Gasteiger partial charge in [-0.1, -0.05) is 146 Å². The number of aromatic nitrogens is 11. The molecule has 1 saturated heterocycles. The summed E-state index contributed by atoms with van der Waals surface area (Å²) in [6.07, 6.45) is 0. The van der Waals surface area contributed by atoms with E-state index in [4.69, 9.17) is 60.7 Å². The maximum Gasteiger partial charge on any atom is 0.494 e. The number of benzene rings is 12. The van der Waals surface area contributed by atoms with Gasteiger partial charge in [-0.05, 0) is 202 Å². The summed E-state index contributed by atoms with van der Waals surface area (Å²) in [4.78, 5) is 41.3. The van der Waals surface area contributed by atoms with Crippen molar-refractivity contribution in [1.82, 2.24) is 54.0 Å². The standard InChI is InChI=1S/C47H28N6O2.C21H12Cl2N4.C19H20BNO3/c1-2-10-34(11-3-1)53-39-15-7-4-12-35(39)36-28-33(26-27-40(36)53)45-51-43(29-18-22-31(23-19-29)46-48-37-13-5-8-16-41(37)54-46)50-44(52-45)30-20-24-32(25-21-30)47-49-38-14-6-9-17-42(38)55-47;22-20-24-19(25-21(23)26-20)13-10-11-18-16(12-13)15-8-4-5-9-17(15)27(18)14-6-2-1-3-7-14;1-18(2)19(3,4)24-20(23-18)14-11-9-13(10-12-14)17-21-15-7-5-6-8-16(15)22-17/h1-28H;1-12H;5-12H,1-4H3. The number of oxazole rings is 3. The summed E-state index contributed by atoms with van der Waals surface area (Å²) in [7, 11) is -0.354. The van der Waals surface area contributed by atoms with Crippen LogP contribution in [0.4, 0.5) is 0 Å². The summed E-state index contributed by atoms with van der Waals surface area (Å²) < 4.78 is 34.6. The van der Waals surface area contributed by atoms with Crippen LogP contribution < -0.4 is 5.46 Å². The Kier molecular flexibility index (Phi) is 16.5. The van der Waals surface area contributed by atoms with Crippen molar-refractivity contribution in [2.24, 2.45) is 0 Å². The zero-order valence-electron chi connectivity index (χ0n) is 57.5. The van der Waals surface area contributed by atoms with Crippen LogP contribution in [0.15, 0.2) is 304 Å². The second-order valence-electron chi connectivity index (χ2n) is 26.7. The van der Waals surface area contributed by atoms with Crippen molar-refractivity contribution in [2.45, 2.75) is 38.9 Å². The van der Waals surface area contributed by atoms with Crippen molar-refractivity contribution in [1.29, 1.82) is 0 Å². The number of hydrogen-bond donors (Lipinski definition) is 0. The molecule has 0 radical (unpaired) electrons. The van der Waals surface area contributed by atoms with Gasteiger partial charge in [-0.2, -0.15) is 15.0 Å². The third kappa shape index (κ3) is 12.4. The van der Waals surface area contributed by atoms with Crippen LogP contribution in [0.5, 0.6) is 0 Å². The highest BCUT2D eigenvalue weighted by Crippen LogP contribution is 2.40. The predicted molar refractivity (Wildman–Crippen MR) is 421 cm³/mol. The SMILES string of the molecule is CC1(C)OB(c2ccc(-c3nc4ccccc4o3)cc2)OC1(C)C.Clc1nc(Cl)nc(-c2ccc3c(c2)c2ccccc2n3-c2ccccc2)n1.c1ccc(-n2c3ccccc3c3cc(-c4nc(-c5ccc(-c6nc7ccccc7o6)cc5)nc(-c5ccc(-c6nc7ccccc7o6)cc5)n4)ccc32)cc1. The number of para-hydroxylation sites is 10. The molecule has 0 aliphatic carbocycles. The minimum atomic E-state index is -0.354. The van der Waals surface area contributed by atoms with Crippen LogP contribution in [0, 0.1) is 0 Å². The van der Waals surface area contributed by atoms with Crippen LogP contribution in [0.25, 0.3) is 168 Å². The lowest BCUT2D eigenvalue weighted by molar-refractivity contribution is 0.00578. The molecule has 1 aliphatic rings. The van der Waals surface area contributed by atoms with E-state index in [0.29, 0.717) is 41.0 Å². The Morgan fingerprint density at radius 2 is 0.594 bits per heavy atom. The molecule has 106 heavy (non-hydrogen) atoms. The van der Waals surface area contributed by atoms with Gasteiger partial charge in [-0.25, -0.2) is 29.9 Å². The first-order chi connectivity index (χ1) is 51.8. The van der Waals surface area contributed by atoms with E-state index in [1.165, 1.54) is 0 Å². The quantitative estimate of drug-likeness (QED) is 0.118. The number of rotatable bonds is 10. The van der Waals surface area contributed by atoms with E-state index in [1.807, 2.05) is 188 Å². The van der Waals surface area contributed by atoms with Gasteiger partial charge in [0.15, 0.2) is 40.0 Å². The van der Waals surface area contributed by atoms with Crippen molar-refractivity contribution in [3.05, 3.63) is 302 Å². The first kappa shape index (κ1) is 65.3. The Balaban J connectivity index is 0.000000129. The summed E-state index contributed by atoms with van der Waals surface area (Å²) in [6.45, 7) is 8.22. The van der Waals surface area contributed by atoms with Gasteiger partial charge < -0.3 is 31.7 Å². The van der Waals surface area contributed by atoms with Gasteiger partial charge in [0.05, 0.1) is 33.3 Å². The van der Waals surface area contributed by atoms with Crippen LogP contribution in [0.1, 0.15) is 27.7 Å². The molecule has 1 aliphatic heterocycles. The van der Waals surface area contributed by atoms with E-state index in [-0.39, 0.29) is 28.9 Å². The molecule has 8 heterocycles. The molecule has 12 aromatic carbocycles. The van der Waals surface area contributed by atoms with Crippen molar-refractivity contribution < 1.29 is 22.6 Å². The normalized spacial score (nSPS) is 13.2. The molecule has 0 bridgehead atoms. The van der Waals surface area contributed by atoms with Crippen molar-refractivity contribution >= 4 is 113 Å². The highest BCUT2D eigenvalue weighted by Gasteiger charge is 2.51. The van der Waals surface area contributed by atoms with Gasteiger partial charge in [-0.3, -0.25) is 0 Å². The van der Waals surface area contributed by atoms with Crippen LogP contribution in [0.3, 0.4) is 0 Å². The third-order valence-electron chi connectivity index (χ3n) is 19.5. The van der Waals surface area contributed by atoms with E-state index < -0.39 is 0 Å². The molecule has 20 rings (SSSR count). The molecule has 0 atom stereocenters. The number of nitrogens with zero attached hydrogens (tertiary/aromatic N) is 11. The summed E-state index contributed by atoms with van der Waals surface area (Å²) in [5, 5.41) is 4.70. The van der Waals surface area contributed by atoms with Gasteiger partial charge >= 0.3 is 7.12 Å². The van der Waals surface area contributed by atoms with E-state index in [1.54, 1.807) is 0 Å². The smallest absolute Gasteiger partial charge is 0.436 e. The molecule has 16 nitrogen and oxygen atoms in total. The van der Waals surface area contributed by atoms with Crippen molar-refractivity contribution in [2.75, 3.05) is 0 Å². The lowest BCUT2D eigenvalue weighted by Crippen LogP contribution is -2.41. The molecule has 1 fully saturated rings. The molecular formula is C87H60BCl2N11O5. The number of halogens is 2. The Hall–Kier alpha value is -12.8. The fourth-order valence-electron chi connectivity index (χ4n) is 13.4. The Bertz CT molecular complexity index is 6250. The van der Waals surface area contributed by atoms with Gasteiger partial charge in [-0.15, -0.1) is 0 Å². The number of fused-ring (bicyclic) bond motifs is 9. The van der Waals surface area contributed by atoms with Crippen LogP contribution in [-0.4, -0.2) is 72.3 Å². The molecule has 0 amide bonds. The van der Waals surface area contributed by atoms with E-state index in [2.05, 4.69) is 170 Å². The summed E-state index contributed by atoms with van der Waals surface area (Å²) in [5.74, 6) is 3.89. The molecule has 19 aromatic rings. The first-order valence-electron chi connectivity index (χ1n) is 34.5. The van der Waals surface area contributed by atoms with Crippen LogP contribution in [-0.2, 0) is 9.31 Å². The minimum absolute atomic E-state index is 0.0804. The summed E-state index contributed by atoms with van der Waals surface area (Å²) in [6, 6.07) is 97.4. The summed E-state index contributed by atoms with van der Waals surface area (Å²) >= 11 is 11.9. The van der Waals surface area contributed by atoms with Gasteiger partial charge in [0, 0.05) is 71.9 Å². The van der Waals surface area contributed by atoms with Crippen LogP contribution >= 0.6 is 23.2 Å². The Morgan fingerprint density at radius 1 is 0.283 bits per heavy atom. The zero-order valence-corrected chi connectivity index (χ0v) is 59.0. The first-order valence-corrected chi connectivity index (χ1v) is 35.3. The average Bonchev–Trinajstić information content (AvgIpc) is 1.52. The van der Waals surface area contributed by atoms with Crippen molar-refractivity contribution in [3.8, 4) is 91.3 Å². The molecule has 7 aromatic heterocycles. The van der Waals surface area contributed by atoms with Gasteiger partial charge in [0.1, 0.15) is 16.6 Å². The summed E-state index contributed by atoms with van der Waals surface area (Å²) in [5.41, 5.74) is 17.9. The van der Waals surface area contributed by atoms with Gasteiger partial charge in [0.25, 0.3) is 0 Å². The topological polar surface area (TPSA) is 184 Å². The van der Waals surface area contributed by atoms with Gasteiger partial charge in [0.2, 0.25) is 28.2 Å². The molecule has 0 N–H and O–H groups in total. The van der Waals surface area contributed by atoms with E-state index in [9.17, 15) is 0 Å². The highest BCUT2D eigenvalue weighted by molar-refractivity contribution is 6.62. The predicted octanol–water partition coefficient (Wildman–Crippen LogP) is 21.3. The lowest BCUT2D eigenvalue weighted by atomic mass is 9.79.